The maximum atomic E-state index is 14.5. The van der Waals surface area contributed by atoms with Crippen LogP contribution in [-0.4, -0.2) is 102 Å². The first kappa shape index (κ1) is 25.8. The molecule has 3 heterocycles. The number of rotatable bonds is 9. The topological polar surface area (TPSA) is 124 Å². The van der Waals surface area contributed by atoms with Crippen LogP contribution in [0.25, 0.3) is 16.7 Å². The zero-order chi connectivity index (χ0) is 26.6. The lowest BCUT2D eigenvalue weighted by Gasteiger charge is -2.46. The van der Waals surface area contributed by atoms with E-state index in [0.29, 0.717) is 47.8 Å². The Morgan fingerprint density at radius 2 is 1.92 bits per heavy atom. The number of ether oxygens (including phenoxy) is 3. The summed E-state index contributed by atoms with van der Waals surface area (Å²) in [5, 5.41) is 26.3. The van der Waals surface area contributed by atoms with Crippen molar-refractivity contribution < 1.29 is 28.5 Å². The molecule has 0 unspecified atom stereocenters. The minimum absolute atomic E-state index is 0.0222. The molecule has 0 atom stereocenters. The molecule has 1 aromatic heterocycles. The van der Waals surface area contributed by atoms with Gasteiger partial charge in [-0.2, -0.15) is 5.10 Å². The lowest BCUT2D eigenvalue weighted by Crippen LogP contribution is -2.62. The number of amides is 1. The summed E-state index contributed by atoms with van der Waals surface area (Å²) >= 11 is 0. The highest BCUT2D eigenvalue weighted by atomic mass is 19.1. The third-order valence-electron chi connectivity index (χ3n) is 6.84. The van der Waals surface area contributed by atoms with Crippen LogP contribution < -0.4 is 4.74 Å². The first-order valence-corrected chi connectivity index (χ1v) is 12.4. The number of carbonyl (C=O) groups is 1. The van der Waals surface area contributed by atoms with E-state index in [4.69, 9.17) is 19.6 Å². The first-order chi connectivity index (χ1) is 18.4. The zero-order valence-corrected chi connectivity index (χ0v) is 21.1. The van der Waals surface area contributed by atoms with E-state index >= 15 is 0 Å². The van der Waals surface area contributed by atoms with Crippen molar-refractivity contribution in [2.75, 3.05) is 59.7 Å². The van der Waals surface area contributed by atoms with Crippen molar-refractivity contribution in [2.45, 2.75) is 6.04 Å². The van der Waals surface area contributed by atoms with Crippen LogP contribution >= 0.6 is 0 Å². The minimum Gasteiger partial charge on any atom is -0.506 e. The van der Waals surface area contributed by atoms with E-state index in [1.54, 1.807) is 24.3 Å². The van der Waals surface area contributed by atoms with Gasteiger partial charge in [0.05, 0.1) is 31.0 Å². The molecular formula is C27H30FN5O5. The second-order valence-corrected chi connectivity index (χ2v) is 9.27. The van der Waals surface area contributed by atoms with Crippen molar-refractivity contribution in [2.24, 2.45) is 0 Å². The molecule has 0 bridgehead atoms. The predicted octanol–water partition coefficient (Wildman–Crippen LogP) is 2.85. The Morgan fingerprint density at radius 3 is 2.63 bits per heavy atom. The molecule has 2 aromatic carbocycles. The third-order valence-corrected chi connectivity index (χ3v) is 6.84. The van der Waals surface area contributed by atoms with Crippen LogP contribution in [0.1, 0.15) is 21.6 Å². The number of fused-ring (bicyclic) bond motifs is 1. The van der Waals surface area contributed by atoms with Gasteiger partial charge in [0, 0.05) is 62.4 Å². The summed E-state index contributed by atoms with van der Waals surface area (Å²) in [5.74, 6) is -0.881. The summed E-state index contributed by atoms with van der Waals surface area (Å²) in [7, 11) is 1.53. The molecule has 2 aliphatic heterocycles. The molecule has 1 amide bonds. The second kappa shape index (κ2) is 11.3. The SMILES string of the molecule is COCCOc1cc2[nH]nc(/C(O)=C/C(=N)c3ccc(C(=O)N4CC(N5CCOCC5)C4)cc3)c2cc1F. The monoisotopic (exact) mass is 523 g/mol. The van der Waals surface area contributed by atoms with E-state index in [2.05, 4.69) is 15.1 Å². The van der Waals surface area contributed by atoms with Crippen molar-refractivity contribution in [3.05, 3.63) is 65.1 Å². The van der Waals surface area contributed by atoms with Gasteiger partial charge in [0.15, 0.2) is 11.6 Å². The fraction of sp³-hybridized carbons (Fsp3) is 0.370. The highest BCUT2D eigenvalue weighted by Crippen LogP contribution is 2.28. The van der Waals surface area contributed by atoms with E-state index < -0.39 is 5.82 Å². The summed E-state index contributed by atoms with van der Waals surface area (Å²) in [4.78, 5) is 17.0. The third kappa shape index (κ3) is 5.40. The van der Waals surface area contributed by atoms with Crippen LogP contribution in [-0.2, 0) is 9.47 Å². The Balaban J connectivity index is 1.23. The standard InChI is InChI=1S/C27H30FN5O5/c1-36-10-11-38-25-14-23-20(12-21(25)28)26(31-30-23)24(34)13-22(29)17-2-4-18(5-3-17)27(35)33-15-19(16-33)32-6-8-37-9-7-32/h2-5,12-14,19,29,34H,6-11,15-16H2,1H3,(H,30,31)/b24-13-,29-22?. The number of aromatic nitrogens is 2. The lowest BCUT2D eigenvalue weighted by molar-refractivity contribution is -0.0256. The zero-order valence-electron chi connectivity index (χ0n) is 21.1. The van der Waals surface area contributed by atoms with Gasteiger partial charge in [0.25, 0.3) is 5.91 Å². The van der Waals surface area contributed by atoms with Crippen LogP contribution in [0.15, 0.2) is 42.5 Å². The van der Waals surface area contributed by atoms with Crippen LogP contribution in [0.3, 0.4) is 0 Å². The van der Waals surface area contributed by atoms with E-state index in [0.717, 1.165) is 26.3 Å². The molecule has 3 aromatic rings. The highest BCUT2D eigenvalue weighted by Gasteiger charge is 2.35. The number of hydrogen-bond acceptors (Lipinski definition) is 8. The average Bonchev–Trinajstić information content (AvgIpc) is 3.31. The van der Waals surface area contributed by atoms with Gasteiger partial charge < -0.3 is 29.6 Å². The predicted molar refractivity (Wildman–Crippen MR) is 139 cm³/mol. The smallest absolute Gasteiger partial charge is 0.253 e. The number of aliphatic hydroxyl groups is 1. The number of morpholine rings is 1. The number of nitrogens with one attached hydrogen (secondary N) is 2. The number of aromatic amines is 1. The maximum absolute atomic E-state index is 14.5. The fourth-order valence-corrected chi connectivity index (χ4v) is 4.62. The first-order valence-electron chi connectivity index (χ1n) is 12.4. The lowest BCUT2D eigenvalue weighted by atomic mass is 10.0. The number of H-pyrrole nitrogens is 1. The molecule has 5 rings (SSSR count). The number of benzene rings is 2. The Labute approximate surface area is 219 Å². The average molecular weight is 524 g/mol. The molecule has 3 N–H and O–H groups in total. The molecular weight excluding hydrogens is 493 g/mol. The summed E-state index contributed by atoms with van der Waals surface area (Å²) < 4.78 is 30.2. The second-order valence-electron chi connectivity index (χ2n) is 9.27. The Hall–Kier alpha value is -3.80. The van der Waals surface area contributed by atoms with Crippen LogP contribution in [0.2, 0.25) is 0 Å². The number of halogens is 1. The fourth-order valence-electron chi connectivity index (χ4n) is 4.62. The molecule has 11 heteroatoms. The van der Waals surface area contributed by atoms with Crippen molar-refractivity contribution in [1.82, 2.24) is 20.0 Å². The molecule has 0 aliphatic carbocycles. The molecule has 0 radical (unpaired) electrons. The van der Waals surface area contributed by atoms with Gasteiger partial charge in [0.1, 0.15) is 18.1 Å². The van der Waals surface area contributed by atoms with Crippen molar-refractivity contribution >= 4 is 28.3 Å². The quantitative estimate of drug-likeness (QED) is 0.224. The van der Waals surface area contributed by atoms with Gasteiger partial charge in [-0.05, 0) is 23.8 Å². The molecule has 38 heavy (non-hydrogen) atoms. The van der Waals surface area contributed by atoms with Gasteiger partial charge in [-0.1, -0.05) is 12.1 Å². The van der Waals surface area contributed by atoms with Gasteiger partial charge in [-0.25, -0.2) is 4.39 Å². The summed E-state index contributed by atoms with van der Waals surface area (Å²) in [5.41, 5.74) is 1.68. The Morgan fingerprint density at radius 1 is 1.21 bits per heavy atom. The van der Waals surface area contributed by atoms with Crippen molar-refractivity contribution in [3.8, 4) is 5.75 Å². The number of nitrogens with zero attached hydrogens (tertiary/aromatic N) is 3. The summed E-state index contributed by atoms with van der Waals surface area (Å²) in [6, 6.07) is 9.78. The number of methoxy groups -OCH3 is 1. The Bertz CT molecular complexity index is 1340. The van der Waals surface area contributed by atoms with E-state index in [1.165, 1.54) is 25.3 Å². The van der Waals surface area contributed by atoms with Crippen LogP contribution in [0.4, 0.5) is 4.39 Å². The van der Waals surface area contributed by atoms with Crippen molar-refractivity contribution in [1.29, 1.82) is 5.41 Å². The molecule has 0 spiro atoms. The largest absolute Gasteiger partial charge is 0.506 e. The number of allylic oxidation sites excluding steroid dienone is 1. The maximum Gasteiger partial charge on any atom is 0.253 e. The Kier molecular flexibility index (Phi) is 7.68. The molecule has 200 valence electrons. The normalized spacial score (nSPS) is 17.0. The molecule has 2 saturated heterocycles. The molecule has 2 fully saturated rings. The van der Waals surface area contributed by atoms with Crippen LogP contribution in [0, 0.1) is 11.2 Å². The molecule has 2 aliphatic rings. The van der Waals surface area contributed by atoms with Gasteiger partial charge in [-0.15, -0.1) is 0 Å². The highest BCUT2D eigenvalue weighted by molar-refractivity contribution is 6.10. The van der Waals surface area contributed by atoms with E-state index in [-0.39, 0.29) is 35.4 Å². The minimum atomic E-state index is -0.599. The molecule has 0 saturated carbocycles. The number of hydrogen-bond donors (Lipinski definition) is 3. The van der Waals surface area contributed by atoms with Crippen molar-refractivity contribution in [3.63, 3.8) is 0 Å². The number of aliphatic hydroxyl groups excluding tert-OH is 1. The number of likely N-dealkylation sites (tertiary alicyclic amines) is 1. The van der Waals surface area contributed by atoms with Gasteiger partial charge in [0.2, 0.25) is 0 Å². The van der Waals surface area contributed by atoms with Gasteiger partial charge in [-0.3, -0.25) is 14.8 Å². The van der Waals surface area contributed by atoms with E-state index in [9.17, 15) is 14.3 Å². The van der Waals surface area contributed by atoms with Crippen LogP contribution in [0.5, 0.6) is 5.75 Å². The summed E-state index contributed by atoms with van der Waals surface area (Å²) in [6.45, 7) is 5.19. The summed E-state index contributed by atoms with van der Waals surface area (Å²) in [6.07, 6.45) is 1.25. The molecule has 10 nitrogen and oxygen atoms in total. The number of carbonyl (C=O) groups excluding carboxylic acids is 1. The van der Waals surface area contributed by atoms with E-state index in [1.807, 2.05) is 4.90 Å². The van der Waals surface area contributed by atoms with Gasteiger partial charge >= 0.3 is 0 Å².